The predicted molar refractivity (Wildman–Crippen MR) is 118 cm³/mol. The van der Waals surface area contributed by atoms with Crippen LogP contribution in [0.1, 0.15) is 20.7 Å². The lowest BCUT2D eigenvalue weighted by Gasteiger charge is -2.14. The van der Waals surface area contributed by atoms with Crippen LogP contribution in [0.15, 0.2) is 54.7 Å². The number of hydrogen-bond donors (Lipinski definition) is 2. The Balaban J connectivity index is 1.87. The maximum Gasteiger partial charge on any atom is 0.254 e. The van der Waals surface area contributed by atoms with E-state index in [9.17, 15) is 9.59 Å². The lowest BCUT2D eigenvalue weighted by molar-refractivity contribution is 0.0821. The van der Waals surface area contributed by atoms with E-state index < -0.39 is 5.91 Å². The number of hydrogen-bond acceptors (Lipinski definition) is 5. The highest BCUT2D eigenvalue weighted by molar-refractivity contribution is 6.07. The van der Waals surface area contributed by atoms with E-state index in [0.717, 1.165) is 22.1 Å². The van der Waals surface area contributed by atoms with Crippen molar-refractivity contribution < 1.29 is 14.3 Å². The summed E-state index contributed by atoms with van der Waals surface area (Å²) in [6.45, 7) is 0. The predicted octanol–water partition coefficient (Wildman–Crippen LogP) is 3.10. The molecule has 0 fully saturated rings. The molecule has 31 heavy (non-hydrogen) atoms. The molecule has 0 saturated heterocycles. The van der Waals surface area contributed by atoms with E-state index in [2.05, 4.69) is 15.2 Å². The fourth-order valence-electron chi connectivity index (χ4n) is 3.46. The Bertz CT molecular complexity index is 1310. The maximum absolute atomic E-state index is 12.6. The van der Waals surface area contributed by atoms with Crippen LogP contribution in [0.2, 0.25) is 0 Å². The molecule has 0 saturated carbocycles. The highest BCUT2D eigenvalue weighted by Crippen LogP contribution is 2.34. The van der Waals surface area contributed by atoms with Gasteiger partial charge in [0.25, 0.3) is 5.91 Å². The van der Waals surface area contributed by atoms with Crippen LogP contribution in [0.5, 0.6) is 5.75 Å². The fourth-order valence-corrected chi connectivity index (χ4v) is 3.46. The first kappa shape index (κ1) is 20.1. The average Bonchev–Trinajstić information content (AvgIpc) is 3.21. The number of carbonyl (C=O) groups is 2. The third-order valence-corrected chi connectivity index (χ3v) is 5.03. The van der Waals surface area contributed by atoms with E-state index in [1.54, 1.807) is 45.6 Å². The summed E-state index contributed by atoms with van der Waals surface area (Å²) in [7, 11) is 4.86. The molecule has 4 rings (SSSR count). The standard InChI is InChI=1S/C23H21N5O3/c1-28(2)23(30)17-10-13(8-9-15(17)21(24)29)14-11-18-20(26-27-22(18)25-12-14)16-6-4-5-7-19(16)31-3/h4-12H,1-3H3,(H2,24,29)(H,25,26,27). The normalized spacial score (nSPS) is 10.8. The van der Waals surface area contributed by atoms with Gasteiger partial charge in [0.05, 0.1) is 18.2 Å². The van der Waals surface area contributed by atoms with Gasteiger partial charge in [-0.2, -0.15) is 5.10 Å². The number of para-hydroxylation sites is 1. The molecule has 2 aromatic heterocycles. The summed E-state index contributed by atoms with van der Waals surface area (Å²) < 4.78 is 5.47. The van der Waals surface area contributed by atoms with Crippen molar-refractivity contribution in [1.29, 1.82) is 0 Å². The van der Waals surface area contributed by atoms with Crippen molar-refractivity contribution in [2.45, 2.75) is 0 Å². The second kappa shape index (κ2) is 7.91. The molecular weight excluding hydrogens is 394 g/mol. The van der Waals surface area contributed by atoms with Gasteiger partial charge in [0.1, 0.15) is 11.4 Å². The minimum atomic E-state index is -0.654. The van der Waals surface area contributed by atoms with Crippen LogP contribution in [0.3, 0.4) is 0 Å². The third kappa shape index (κ3) is 3.59. The van der Waals surface area contributed by atoms with Gasteiger partial charge in [0.2, 0.25) is 5.91 Å². The average molecular weight is 415 g/mol. The fraction of sp³-hybridized carbons (Fsp3) is 0.130. The van der Waals surface area contributed by atoms with Gasteiger partial charge in [-0.3, -0.25) is 14.7 Å². The molecule has 0 radical (unpaired) electrons. The monoisotopic (exact) mass is 415 g/mol. The minimum Gasteiger partial charge on any atom is -0.496 e. The molecule has 8 nitrogen and oxygen atoms in total. The van der Waals surface area contributed by atoms with Crippen LogP contribution in [0, 0.1) is 0 Å². The highest BCUT2D eigenvalue weighted by Gasteiger charge is 2.19. The first-order chi connectivity index (χ1) is 14.9. The van der Waals surface area contributed by atoms with Crippen molar-refractivity contribution in [3.05, 3.63) is 65.9 Å². The summed E-state index contributed by atoms with van der Waals surface area (Å²) in [6.07, 6.45) is 1.69. The molecule has 3 N–H and O–H groups in total. The molecule has 0 aliphatic heterocycles. The number of rotatable bonds is 5. The van der Waals surface area contributed by atoms with Gasteiger partial charge in [0.15, 0.2) is 5.65 Å². The molecule has 0 bridgehead atoms. The number of benzene rings is 2. The Hall–Kier alpha value is -4.20. The zero-order valence-electron chi connectivity index (χ0n) is 17.3. The molecule has 0 unspecified atom stereocenters. The quantitative estimate of drug-likeness (QED) is 0.520. The molecule has 0 atom stereocenters. The van der Waals surface area contributed by atoms with Crippen LogP contribution in [-0.4, -0.2) is 53.1 Å². The van der Waals surface area contributed by atoms with Crippen molar-refractivity contribution >= 4 is 22.8 Å². The lowest BCUT2D eigenvalue weighted by atomic mass is 9.98. The van der Waals surface area contributed by atoms with Gasteiger partial charge in [-0.15, -0.1) is 0 Å². The van der Waals surface area contributed by atoms with Gasteiger partial charge in [-0.25, -0.2) is 4.98 Å². The number of fused-ring (bicyclic) bond motifs is 1. The Morgan fingerprint density at radius 2 is 1.81 bits per heavy atom. The number of aromatic amines is 1. The van der Waals surface area contributed by atoms with E-state index in [-0.39, 0.29) is 17.0 Å². The summed E-state index contributed by atoms with van der Waals surface area (Å²) in [6, 6.07) is 14.5. The van der Waals surface area contributed by atoms with E-state index in [1.165, 1.54) is 4.90 Å². The van der Waals surface area contributed by atoms with Crippen LogP contribution in [0.25, 0.3) is 33.4 Å². The van der Waals surface area contributed by atoms with E-state index in [0.29, 0.717) is 17.1 Å². The molecule has 2 heterocycles. The second-order valence-electron chi connectivity index (χ2n) is 7.22. The molecule has 0 spiro atoms. The zero-order chi connectivity index (χ0) is 22.1. The Labute approximate surface area is 178 Å². The molecule has 156 valence electrons. The van der Waals surface area contributed by atoms with Crippen molar-refractivity contribution in [3.8, 4) is 28.1 Å². The van der Waals surface area contributed by atoms with Gasteiger partial charge >= 0.3 is 0 Å². The Morgan fingerprint density at radius 1 is 1.03 bits per heavy atom. The molecule has 0 aliphatic rings. The van der Waals surface area contributed by atoms with Crippen molar-refractivity contribution in [3.63, 3.8) is 0 Å². The number of pyridine rings is 1. The summed E-state index contributed by atoms with van der Waals surface area (Å²) in [5.41, 5.74) is 9.56. The summed E-state index contributed by atoms with van der Waals surface area (Å²) in [5, 5.41) is 8.18. The van der Waals surface area contributed by atoms with Crippen molar-refractivity contribution in [1.82, 2.24) is 20.1 Å². The molecule has 4 aromatic rings. The largest absolute Gasteiger partial charge is 0.496 e. The minimum absolute atomic E-state index is 0.175. The highest BCUT2D eigenvalue weighted by atomic mass is 16.5. The van der Waals surface area contributed by atoms with Crippen LogP contribution in [-0.2, 0) is 0 Å². The van der Waals surface area contributed by atoms with E-state index >= 15 is 0 Å². The lowest BCUT2D eigenvalue weighted by Crippen LogP contribution is -2.25. The Kier molecular flexibility index (Phi) is 5.12. The van der Waals surface area contributed by atoms with Crippen molar-refractivity contribution in [2.75, 3.05) is 21.2 Å². The number of aromatic nitrogens is 3. The van der Waals surface area contributed by atoms with Gasteiger partial charge < -0.3 is 15.4 Å². The maximum atomic E-state index is 12.6. The van der Waals surface area contributed by atoms with Crippen LogP contribution in [0.4, 0.5) is 0 Å². The molecule has 8 heteroatoms. The number of primary amides is 1. The van der Waals surface area contributed by atoms with Gasteiger partial charge in [-0.1, -0.05) is 18.2 Å². The molecule has 2 amide bonds. The summed E-state index contributed by atoms with van der Waals surface area (Å²) in [5.74, 6) is -0.257. The molecule has 2 aromatic carbocycles. The Morgan fingerprint density at radius 3 is 2.52 bits per heavy atom. The zero-order valence-corrected chi connectivity index (χ0v) is 17.3. The van der Waals surface area contributed by atoms with Gasteiger partial charge in [-0.05, 0) is 35.9 Å². The number of nitrogens with two attached hydrogens (primary N) is 1. The SMILES string of the molecule is COc1ccccc1-c1n[nH]c2ncc(-c3ccc(C(N)=O)c(C(=O)N(C)C)c3)cc12. The number of amides is 2. The smallest absolute Gasteiger partial charge is 0.254 e. The third-order valence-electron chi connectivity index (χ3n) is 5.03. The molecule has 0 aliphatic carbocycles. The van der Waals surface area contributed by atoms with E-state index in [4.69, 9.17) is 10.5 Å². The number of methoxy groups -OCH3 is 1. The first-order valence-electron chi connectivity index (χ1n) is 9.54. The topological polar surface area (TPSA) is 114 Å². The summed E-state index contributed by atoms with van der Waals surface area (Å²) >= 11 is 0. The van der Waals surface area contributed by atoms with Crippen LogP contribution >= 0.6 is 0 Å². The first-order valence-corrected chi connectivity index (χ1v) is 9.54. The molecular formula is C23H21N5O3. The second-order valence-corrected chi connectivity index (χ2v) is 7.22. The number of nitrogens with zero attached hydrogens (tertiary/aromatic N) is 3. The number of H-pyrrole nitrogens is 1. The van der Waals surface area contributed by atoms with E-state index in [1.807, 2.05) is 30.3 Å². The van der Waals surface area contributed by atoms with Crippen LogP contribution < -0.4 is 10.5 Å². The van der Waals surface area contributed by atoms with Crippen molar-refractivity contribution in [2.24, 2.45) is 5.73 Å². The number of nitrogens with one attached hydrogen (secondary N) is 1. The number of carbonyl (C=O) groups excluding carboxylic acids is 2. The summed E-state index contributed by atoms with van der Waals surface area (Å²) in [4.78, 5) is 30.3. The number of ether oxygens (including phenoxy) is 1. The van der Waals surface area contributed by atoms with Gasteiger partial charge in [0, 0.05) is 36.8 Å².